The summed E-state index contributed by atoms with van der Waals surface area (Å²) < 4.78 is 0. The van der Waals surface area contributed by atoms with Gasteiger partial charge in [0.1, 0.15) is 22.2 Å². The minimum Gasteiger partial charge on any atom is -0.506 e. The van der Waals surface area contributed by atoms with E-state index >= 15 is 0 Å². The van der Waals surface area contributed by atoms with Gasteiger partial charge in [-0.05, 0) is 36.4 Å². The Morgan fingerprint density at radius 1 is 1.10 bits per heavy atom. The highest BCUT2D eigenvalue weighted by atomic mass is 16.3. The predicted octanol–water partition coefficient (Wildman–Crippen LogP) is 1.96. The van der Waals surface area contributed by atoms with E-state index in [1.807, 2.05) is 6.92 Å². The first-order valence-electron chi connectivity index (χ1n) is 6.51. The Hall–Kier alpha value is -2.76. The number of hydrogen-bond acceptors (Lipinski definition) is 6. The standard InChI is InChI=1S/C15H14N4O2/c1-15(9-3-5-10(19-21)6-4-9)17-13-11(16-2)7-8-12(20)14(13)18-15/h3-8,16,20H,1-2H3. The van der Waals surface area contributed by atoms with Crippen LogP contribution >= 0.6 is 0 Å². The van der Waals surface area contributed by atoms with Gasteiger partial charge in [-0.25, -0.2) is 9.98 Å². The van der Waals surface area contributed by atoms with Crippen LogP contribution in [-0.4, -0.2) is 12.2 Å². The van der Waals surface area contributed by atoms with Gasteiger partial charge >= 0.3 is 0 Å². The molecule has 2 N–H and O–H groups in total. The summed E-state index contributed by atoms with van der Waals surface area (Å²) in [6.45, 7) is 1.86. The number of nitrogens with one attached hydrogen (secondary N) is 1. The van der Waals surface area contributed by atoms with Crippen molar-refractivity contribution in [3.05, 3.63) is 57.6 Å². The highest BCUT2D eigenvalue weighted by Gasteiger charge is 2.29. The number of fused-ring (bicyclic) bond motifs is 1. The van der Waals surface area contributed by atoms with E-state index in [1.165, 1.54) is 0 Å². The van der Waals surface area contributed by atoms with Gasteiger partial charge in [-0.15, -0.1) is 4.91 Å². The molecule has 21 heavy (non-hydrogen) atoms. The molecule has 1 aliphatic rings. The van der Waals surface area contributed by atoms with Gasteiger partial charge in [0.2, 0.25) is 0 Å². The molecule has 1 heterocycles. The largest absolute Gasteiger partial charge is 0.506 e. The predicted molar refractivity (Wildman–Crippen MR) is 79.2 cm³/mol. The lowest BCUT2D eigenvalue weighted by molar-refractivity contribution is 0.462. The van der Waals surface area contributed by atoms with E-state index in [-0.39, 0.29) is 5.75 Å². The summed E-state index contributed by atoms with van der Waals surface area (Å²) in [6, 6.07) is 10.1. The maximum atomic E-state index is 10.5. The zero-order chi connectivity index (χ0) is 15.0. The second kappa shape index (κ2) is 4.66. The lowest BCUT2D eigenvalue weighted by atomic mass is 10.0. The Morgan fingerprint density at radius 3 is 2.38 bits per heavy atom. The molecule has 1 unspecified atom stereocenters. The van der Waals surface area contributed by atoms with Crippen LogP contribution in [0.15, 0.2) is 51.6 Å². The highest BCUT2D eigenvalue weighted by molar-refractivity contribution is 5.47. The molecule has 0 aromatic heterocycles. The van der Waals surface area contributed by atoms with Crippen LogP contribution in [0.1, 0.15) is 12.5 Å². The maximum Gasteiger partial charge on any atom is 0.174 e. The van der Waals surface area contributed by atoms with Crippen molar-refractivity contribution in [2.45, 2.75) is 12.6 Å². The Bertz CT molecular complexity index is 830. The molecule has 6 nitrogen and oxygen atoms in total. The minimum absolute atomic E-state index is 0.0997. The number of nitrogens with zero attached hydrogens (tertiary/aromatic N) is 3. The van der Waals surface area contributed by atoms with Crippen LogP contribution in [0.25, 0.3) is 0 Å². The van der Waals surface area contributed by atoms with E-state index in [0.717, 1.165) is 11.3 Å². The third kappa shape index (κ3) is 2.05. The van der Waals surface area contributed by atoms with E-state index < -0.39 is 5.66 Å². The second-order valence-corrected chi connectivity index (χ2v) is 4.96. The van der Waals surface area contributed by atoms with Crippen molar-refractivity contribution in [3.63, 3.8) is 0 Å². The van der Waals surface area contributed by atoms with Gasteiger partial charge in [0.25, 0.3) is 0 Å². The highest BCUT2D eigenvalue weighted by Crippen LogP contribution is 2.30. The molecule has 6 heteroatoms. The lowest BCUT2D eigenvalue weighted by Gasteiger charge is -2.17. The van der Waals surface area contributed by atoms with Crippen molar-refractivity contribution < 1.29 is 5.11 Å². The van der Waals surface area contributed by atoms with E-state index in [1.54, 1.807) is 43.4 Å². The van der Waals surface area contributed by atoms with E-state index in [4.69, 9.17) is 0 Å². The van der Waals surface area contributed by atoms with Crippen LogP contribution in [0.5, 0.6) is 5.75 Å². The number of phenols is 1. The van der Waals surface area contributed by atoms with Crippen LogP contribution in [-0.2, 0) is 5.66 Å². The molecule has 0 saturated carbocycles. The normalized spacial score (nSPS) is 19.3. The number of phenolic OH excluding ortho intramolecular Hbond substituents is 1. The maximum absolute atomic E-state index is 10.5. The van der Waals surface area contributed by atoms with Crippen molar-refractivity contribution >= 4 is 11.4 Å². The Kier molecular flexibility index (Phi) is 2.94. The molecule has 0 bridgehead atoms. The molecule has 106 valence electrons. The third-order valence-electron chi connectivity index (χ3n) is 3.58. The van der Waals surface area contributed by atoms with Crippen LogP contribution in [0.4, 0.5) is 11.4 Å². The average molecular weight is 282 g/mol. The summed E-state index contributed by atoms with van der Waals surface area (Å²) in [5, 5.41) is 17.0. The van der Waals surface area contributed by atoms with Gasteiger partial charge in [-0.1, -0.05) is 12.1 Å². The van der Waals surface area contributed by atoms with Crippen molar-refractivity contribution in [2.24, 2.45) is 15.2 Å². The summed E-state index contributed by atoms with van der Waals surface area (Å²) in [5.74, 6) is 0.0997. The molecular formula is C15H14N4O2. The Labute approximate surface area is 120 Å². The molecule has 1 atom stereocenters. The van der Waals surface area contributed by atoms with Crippen LogP contribution in [0.2, 0.25) is 0 Å². The number of nitroso groups, excluding NO2 is 1. The molecule has 2 aromatic rings. The van der Waals surface area contributed by atoms with E-state index in [2.05, 4.69) is 20.5 Å². The van der Waals surface area contributed by atoms with Crippen molar-refractivity contribution in [2.75, 3.05) is 12.4 Å². The number of rotatable bonds is 3. The van der Waals surface area contributed by atoms with Gasteiger partial charge in [0.15, 0.2) is 5.66 Å². The molecule has 3 rings (SSSR count). The minimum atomic E-state index is -0.825. The molecule has 2 aromatic carbocycles. The Morgan fingerprint density at radius 2 is 1.76 bits per heavy atom. The number of anilines is 1. The fraction of sp³-hybridized carbons (Fsp3) is 0.200. The topological polar surface area (TPSA) is 86.4 Å². The first-order chi connectivity index (χ1) is 10.1. The second-order valence-electron chi connectivity index (χ2n) is 4.96. The van der Waals surface area contributed by atoms with Gasteiger partial charge in [-0.2, -0.15) is 0 Å². The van der Waals surface area contributed by atoms with Crippen molar-refractivity contribution in [1.29, 1.82) is 0 Å². The fourth-order valence-corrected chi connectivity index (χ4v) is 2.42. The van der Waals surface area contributed by atoms with Crippen molar-refractivity contribution in [1.82, 2.24) is 0 Å². The first-order valence-corrected chi connectivity index (χ1v) is 6.51. The summed E-state index contributed by atoms with van der Waals surface area (Å²) in [6.07, 6.45) is 0. The molecule has 0 aliphatic carbocycles. The average Bonchev–Trinajstić information content (AvgIpc) is 2.88. The molecular weight excluding hydrogens is 268 g/mol. The monoisotopic (exact) mass is 282 g/mol. The molecule has 0 amide bonds. The molecule has 0 spiro atoms. The van der Waals surface area contributed by atoms with Gasteiger partial charge in [-0.3, -0.25) is 0 Å². The first kappa shape index (κ1) is 13.2. The quantitative estimate of drug-likeness (QED) is 0.666. The third-order valence-corrected chi connectivity index (χ3v) is 3.58. The SMILES string of the molecule is CNc1ccc(O)c2c1=NC(C)(c1ccc(N=O)cc1)N=2. The van der Waals surface area contributed by atoms with E-state index in [9.17, 15) is 10.0 Å². The summed E-state index contributed by atoms with van der Waals surface area (Å²) >= 11 is 0. The molecule has 0 saturated heterocycles. The summed E-state index contributed by atoms with van der Waals surface area (Å²) in [7, 11) is 1.79. The zero-order valence-corrected chi connectivity index (χ0v) is 11.7. The van der Waals surface area contributed by atoms with Crippen LogP contribution in [0, 0.1) is 4.91 Å². The summed E-state index contributed by atoms with van der Waals surface area (Å²) in [5.41, 5.74) is 1.17. The summed E-state index contributed by atoms with van der Waals surface area (Å²) in [4.78, 5) is 19.7. The molecule has 0 radical (unpaired) electrons. The molecule has 1 aliphatic heterocycles. The fourth-order valence-electron chi connectivity index (χ4n) is 2.42. The van der Waals surface area contributed by atoms with Gasteiger partial charge < -0.3 is 10.4 Å². The number of aromatic hydroxyl groups is 1. The number of hydrogen-bond donors (Lipinski definition) is 2. The zero-order valence-electron chi connectivity index (χ0n) is 11.7. The van der Waals surface area contributed by atoms with Gasteiger partial charge in [0, 0.05) is 12.6 Å². The Balaban J connectivity index is 2.19. The van der Waals surface area contributed by atoms with Gasteiger partial charge in [0.05, 0.1) is 5.69 Å². The smallest absolute Gasteiger partial charge is 0.174 e. The van der Waals surface area contributed by atoms with E-state index in [0.29, 0.717) is 16.4 Å². The molecule has 0 fully saturated rings. The van der Waals surface area contributed by atoms with Crippen LogP contribution < -0.4 is 16.0 Å². The lowest BCUT2D eigenvalue weighted by Crippen LogP contribution is -2.25. The number of benzene rings is 2. The van der Waals surface area contributed by atoms with Crippen LogP contribution in [0.3, 0.4) is 0 Å². The van der Waals surface area contributed by atoms with Crippen molar-refractivity contribution in [3.8, 4) is 5.75 Å².